The fourth-order valence-corrected chi connectivity index (χ4v) is 2.77. The zero-order valence-corrected chi connectivity index (χ0v) is 16.1. The zero-order valence-electron chi connectivity index (χ0n) is 16.1. The SMILES string of the molecule is CCN(CC)c1ccc(NC(=O)c2cnc(NCc3cccnc3)nc2)cc1. The molecule has 3 rings (SSSR count). The molecule has 0 atom stereocenters. The fraction of sp³-hybridized carbons (Fsp3) is 0.238. The number of benzene rings is 1. The highest BCUT2D eigenvalue weighted by atomic mass is 16.1. The van der Waals surface area contributed by atoms with Crippen molar-refractivity contribution in [3.8, 4) is 0 Å². The van der Waals surface area contributed by atoms with Crippen molar-refractivity contribution in [2.45, 2.75) is 20.4 Å². The third-order valence-electron chi connectivity index (χ3n) is 4.34. The van der Waals surface area contributed by atoms with Crippen LogP contribution in [0.1, 0.15) is 29.8 Å². The zero-order chi connectivity index (χ0) is 19.8. The van der Waals surface area contributed by atoms with Crippen LogP contribution >= 0.6 is 0 Å². The van der Waals surface area contributed by atoms with Gasteiger partial charge in [0.15, 0.2) is 0 Å². The Kier molecular flexibility index (Phi) is 6.51. The van der Waals surface area contributed by atoms with E-state index in [1.807, 2.05) is 36.4 Å². The van der Waals surface area contributed by atoms with E-state index < -0.39 is 0 Å². The van der Waals surface area contributed by atoms with Gasteiger partial charge in [-0.1, -0.05) is 6.07 Å². The van der Waals surface area contributed by atoms with Gasteiger partial charge < -0.3 is 15.5 Å². The Bertz CT molecular complexity index is 877. The molecule has 0 radical (unpaired) electrons. The molecule has 2 N–H and O–H groups in total. The van der Waals surface area contributed by atoms with Gasteiger partial charge in [-0.15, -0.1) is 0 Å². The number of amides is 1. The highest BCUT2D eigenvalue weighted by Gasteiger charge is 2.09. The Morgan fingerprint density at radius 2 is 1.71 bits per heavy atom. The summed E-state index contributed by atoms with van der Waals surface area (Å²) in [5.41, 5.74) is 3.30. The molecule has 28 heavy (non-hydrogen) atoms. The first-order valence-corrected chi connectivity index (χ1v) is 9.30. The Morgan fingerprint density at radius 1 is 1.00 bits per heavy atom. The van der Waals surface area contributed by atoms with Gasteiger partial charge in [0.05, 0.1) is 5.56 Å². The van der Waals surface area contributed by atoms with Crippen LogP contribution in [-0.4, -0.2) is 33.9 Å². The maximum Gasteiger partial charge on any atom is 0.258 e. The summed E-state index contributed by atoms with van der Waals surface area (Å²) < 4.78 is 0. The van der Waals surface area contributed by atoms with Crippen molar-refractivity contribution < 1.29 is 4.79 Å². The molecule has 7 heteroatoms. The lowest BCUT2D eigenvalue weighted by molar-refractivity contribution is 0.102. The van der Waals surface area contributed by atoms with E-state index in [0.717, 1.165) is 30.0 Å². The molecule has 3 aromatic rings. The van der Waals surface area contributed by atoms with E-state index in [0.29, 0.717) is 18.1 Å². The van der Waals surface area contributed by atoms with Crippen molar-refractivity contribution in [3.63, 3.8) is 0 Å². The highest BCUT2D eigenvalue weighted by Crippen LogP contribution is 2.18. The van der Waals surface area contributed by atoms with E-state index in [9.17, 15) is 4.79 Å². The van der Waals surface area contributed by atoms with Gasteiger partial charge in [0.25, 0.3) is 5.91 Å². The highest BCUT2D eigenvalue weighted by molar-refractivity contribution is 6.03. The predicted molar refractivity (Wildman–Crippen MR) is 112 cm³/mol. The van der Waals surface area contributed by atoms with Crippen LogP contribution < -0.4 is 15.5 Å². The molecule has 0 aliphatic rings. The van der Waals surface area contributed by atoms with E-state index in [1.165, 1.54) is 12.4 Å². The number of nitrogens with one attached hydrogen (secondary N) is 2. The van der Waals surface area contributed by atoms with E-state index >= 15 is 0 Å². The second kappa shape index (κ2) is 9.45. The Morgan fingerprint density at radius 3 is 2.32 bits per heavy atom. The molecule has 7 nitrogen and oxygen atoms in total. The van der Waals surface area contributed by atoms with Crippen molar-refractivity contribution in [2.24, 2.45) is 0 Å². The van der Waals surface area contributed by atoms with Crippen molar-refractivity contribution in [2.75, 3.05) is 28.6 Å². The van der Waals surface area contributed by atoms with Gasteiger partial charge in [-0.05, 0) is 49.7 Å². The van der Waals surface area contributed by atoms with Gasteiger partial charge in [-0.25, -0.2) is 9.97 Å². The van der Waals surface area contributed by atoms with Crippen LogP contribution in [0.5, 0.6) is 0 Å². The van der Waals surface area contributed by atoms with Crippen LogP contribution in [0.2, 0.25) is 0 Å². The van der Waals surface area contributed by atoms with Crippen LogP contribution in [0, 0.1) is 0 Å². The number of rotatable bonds is 8. The van der Waals surface area contributed by atoms with Gasteiger partial charge in [-0.3, -0.25) is 9.78 Å². The second-order valence-corrected chi connectivity index (χ2v) is 6.18. The molecule has 0 aliphatic carbocycles. The molecule has 0 spiro atoms. The number of aromatic nitrogens is 3. The third-order valence-corrected chi connectivity index (χ3v) is 4.34. The third kappa shape index (κ3) is 5.03. The van der Waals surface area contributed by atoms with E-state index in [2.05, 4.69) is 44.3 Å². The van der Waals surface area contributed by atoms with Crippen molar-refractivity contribution in [1.29, 1.82) is 0 Å². The molecule has 0 unspecified atom stereocenters. The molecule has 0 fully saturated rings. The second-order valence-electron chi connectivity index (χ2n) is 6.18. The number of hydrogen-bond donors (Lipinski definition) is 2. The average molecular weight is 376 g/mol. The lowest BCUT2D eigenvalue weighted by Gasteiger charge is -2.21. The number of carbonyl (C=O) groups is 1. The molecule has 144 valence electrons. The minimum atomic E-state index is -0.241. The lowest BCUT2D eigenvalue weighted by atomic mass is 10.2. The lowest BCUT2D eigenvalue weighted by Crippen LogP contribution is -2.21. The smallest absolute Gasteiger partial charge is 0.258 e. The summed E-state index contributed by atoms with van der Waals surface area (Å²) in [5, 5.41) is 5.98. The Balaban J connectivity index is 1.57. The fourth-order valence-electron chi connectivity index (χ4n) is 2.77. The number of anilines is 3. The summed E-state index contributed by atoms with van der Waals surface area (Å²) in [6.45, 7) is 6.70. The summed E-state index contributed by atoms with van der Waals surface area (Å²) in [6.07, 6.45) is 6.53. The van der Waals surface area contributed by atoms with Gasteiger partial charge in [0, 0.05) is 55.8 Å². The quantitative estimate of drug-likeness (QED) is 0.625. The standard InChI is InChI=1S/C21H24N6O/c1-3-27(4-2)19-9-7-18(8-10-19)26-20(28)17-14-24-21(25-15-17)23-13-16-6-5-11-22-12-16/h5-12,14-15H,3-4,13H2,1-2H3,(H,26,28)(H,23,24,25). The summed E-state index contributed by atoms with van der Waals surface area (Å²) in [4.78, 5) is 27.1. The van der Waals surface area contributed by atoms with Crippen molar-refractivity contribution in [1.82, 2.24) is 15.0 Å². The first-order chi connectivity index (χ1) is 13.7. The van der Waals surface area contributed by atoms with Gasteiger partial charge in [0.2, 0.25) is 5.95 Å². The summed E-state index contributed by atoms with van der Waals surface area (Å²) >= 11 is 0. The first kappa shape index (κ1) is 19.3. The van der Waals surface area contributed by atoms with E-state index in [1.54, 1.807) is 12.4 Å². The Hall–Kier alpha value is -3.48. The molecule has 2 heterocycles. The molecule has 1 aromatic carbocycles. The predicted octanol–water partition coefficient (Wildman–Crippen LogP) is 3.58. The minimum absolute atomic E-state index is 0.241. The monoisotopic (exact) mass is 376 g/mol. The maximum atomic E-state index is 12.4. The molecule has 0 saturated heterocycles. The van der Waals surface area contributed by atoms with Crippen LogP contribution in [0.25, 0.3) is 0 Å². The van der Waals surface area contributed by atoms with E-state index in [-0.39, 0.29) is 5.91 Å². The van der Waals surface area contributed by atoms with Crippen molar-refractivity contribution >= 4 is 23.2 Å². The van der Waals surface area contributed by atoms with E-state index in [4.69, 9.17) is 0 Å². The van der Waals surface area contributed by atoms with Crippen LogP contribution in [-0.2, 0) is 6.54 Å². The van der Waals surface area contributed by atoms with Crippen LogP contribution in [0.15, 0.2) is 61.2 Å². The maximum absolute atomic E-state index is 12.4. The average Bonchev–Trinajstić information content (AvgIpc) is 2.75. The van der Waals surface area contributed by atoms with Gasteiger partial charge in [-0.2, -0.15) is 0 Å². The van der Waals surface area contributed by atoms with Gasteiger partial charge >= 0.3 is 0 Å². The molecule has 0 aliphatic heterocycles. The molecule has 1 amide bonds. The summed E-state index contributed by atoms with van der Waals surface area (Å²) in [5.74, 6) is 0.221. The minimum Gasteiger partial charge on any atom is -0.372 e. The number of pyridine rings is 1. The summed E-state index contributed by atoms with van der Waals surface area (Å²) in [7, 11) is 0. The largest absolute Gasteiger partial charge is 0.372 e. The normalized spacial score (nSPS) is 10.4. The summed E-state index contributed by atoms with van der Waals surface area (Å²) in [6, 6.07) is 11.6. The topological polar surface area (TPSA) is 83.0 Å². The molecular weight excluding hydrogens is 352 g/mol. The molecule has 0 bridgehead atoms. The molecular formula is C21H24N6O. The van der Waals surface area contributed by atoms with Crippen LogP contribution in [0.3, 0.4) is 0 Å². The number of nitrogens with zero attached hydrogens (tertiary/aromatic N) is 4. The Labute approximate surface area is 164 Å². The van der Waals surface area contributed by atoms with Gasteiger partial charge in [0.1, 0.15) is 0 Å². The number of carbonyl (C=O) groups excluding carboxylic acids is 1. The first-order valence-electron chi connectivity index (χ1n) is 9.30. The molecule has 0 saturated carbocycles. The van der Waals surface area contributed by atoms with Crippen molar-refractivity contribution in [3.05, 3.63) is 72.3 Å². The molecule has 2 aromatic heterocycles. The van der Waals surface area contributed by atoms with Crippen LogP contribution in [0.4, 0.5) is 17.3 Å². The number of hydrogen-bond acceptors (Lipinski definition) is 6.